The van der Waals surface area contributed by atoms with Gasteiger partial charge in [0, 0.05) is 25.6 Å². The average molecular weight is 398 g/mol. The first-order valence-corrected chi connectivity index (χ1v) is 10.2. The molecule has 1 aromatic carbocycles. The van der Waals surface area contributed by atoms with Gasteiger partial charge in [0.25, 0.3) is 11.8 Å². The molecule has 1 aromatic rings. The van der Waals surface area contributed by atoms with Gasteiger partial charge in [-0.2, -0.15) is 0 Å². The number of amides is 4. The van der Waals surface area contributed by atoms with Crippen molar-refractivity contribution in [2.24, 2.45) is 11.7 Å². The largest absolute Gasteiger partial charge is 0.329 e. The van der Waals surface area contributed by atoms with Crippen molar-refractivity contribution in [3.8, 4) is 0 Å². The number of nitrogens with two attached hydrogens (primary N) is 1. The molecule has 0 radical (unpaired) electrons. The lowest BCUT2D eigenvalue weighted by molar-refractivity contribution is -0.136. The van der Waals surface area contributed by atoms with Crippen molar-refractivity contribution >= 4 is 23.6 Å². The molecule has 8 nitrogen and oxygen atoms in total. The lowest BCUT2D eigenvalue weighted by Crippen LogP contribution is -2.54. The molecule has 0 aliphatic carbocycles. The Labute approximate surface area is 169 Å². The van der Waals surface area contributed by atoms with Crippen molar-refractivity contribution in [3.05, 3.63) is 34.9 Å². The van der Waals surface area contributed by atoms with Crippen LogP contribution >= 0.6 is 0 Å². The van der Waals surface area contributed by atoms with E-state index in [1.54, 1.807) is 12.1 Å². The molecule has 3 N–H and O–H groups in total. The van der Waals surface area contributed by atoms with Gasteiger partial charge in [-0.25, -0.2) is 0 Å². The van der Waals surface area contributed by atoms with E-state index in [0.717, 1.165) is 29.8 Å². The lowest BCUT2D eigenvalue weighted by Gasteiger charge is -2.38. The molecule has 2 saturated heterocycles. The van der Waals surface area contributed by atoms with Gasteiger partial charge in [0.2, 0.25) is 11.8 Å². The number of benzene rings is 1. The molecule has 0 aromatic heterocycles. The van der Waals surface area contributed by atoms with Crippen molar-refractivity contribution < 1.29 is 19.2 Å². The molecule has 3 atom stereocenters. The first-order valence-electron chi connectivity index (χ1n) is 10.2. The van der Waals surface area contributed by atoms with E-state index in [2.05, 4.69) is 17.1 Å². The fourth-order valence-corrected chi connectivity index (χ4v) is 4.60. The number of piperidine rings is 2. The molecule has 29 heavy (non-hydrogen) atoms. The zero-order valence-corrected chi connectivity index (χ0v) is 16.5. The summed E-state index contributed by atoms with van der Waals surface area (Å²) in [5.74, 6) is -1.26. The standard InChI is InChI=1S/C21H26N4O4/c1-12-6-7-24(14(8-12)10-22)11-13-2-3-15-16(9-13)21(29)25(20(15)28)17-4-5-18(26)23-19(17)27/h2-3,9,12,14,17H,4-8,10-11,22H2,1H3,(H,23,26,27)/t12-,14+,17?/m1/s1. The van der Waals surface area contributed by atoms with Gasteiger partial charge in [0.1, 0.15) is 6.04 Å². The molecule has 0 spiro atoms. The van der Waals surface area contributed by atoms with Crippen molar-refractivity contribution in [3.63, 3.8) is 0 Å². The number of carbonyl (C=O) groups excluding carboxylic acids is 4. The highest BCUT2D eigenvalue weighted by Crippen LogP contribution is 2.30. The molecule has 3 aliphatic rings. The van der Waals surface area contributed by atoms with Crippen molar-refractivity contribution in [1.29, 1.82) is 0 Å². The summed E-state index contributed by atoms with van der Waals surface area (Å²) >= 11 is 0. The molecule has 0 saturated carbocycles. The predicted octanol–water partition coefficient (Wildman–Crippen LogP) is 0.647. The third kappa shape index (κ3) is 3.58. The van der Waals surface area contributed by atoms with Crippen LogP contribution in [0.25, 0.3) is 0 Å². The lowest BCUT2D eigenvalue weighted by atomic mass is 9.92. The minimum absolute atomic E-state index is 0.114. The summed E-state index contributed by atoms with van der Waals surface area (Å²) in [5, 5.41) is 2.21. The van der Waals surface area contributed by atoms with Gasteiger partial charge in [-0.05, 0) is 49.4 Å². The van der Waals surface area contributed by atoms with Crippen molar-refractivity contribution in [2.75, 3.05) is 13.1 Å². The maximum atomic E-state index is 12.9. The SMILES string of the molecule is C[C@@H]1CCN(Cc2ccc3c(c2)C(=O)N(C2CCC(=O)NC2=O)C3=O)[C@H](CN)C1. The van der Waals surface area contributed by atoms with Gasteiger partial charge in [-0.15, -0.1) is 0 Å². The second kappa shape index (κ2) is 7.68. The molecule has 3 aliphatic heterocycles. The highest BCUT2D eigenvalue weighted by molar-refractivity contribution is 6.23. The summed E-state index contributed by atoms with van der Waals surface area (Å²) in [4.78, 5) is 52.6. The van der Waals surface area contributed by atoms with Crippen LogP contribution < -0.4 is 11.1 Å². The van der Waals surface area contributed by atoms with Gasteiger partial charge < -0.3 is 5.73 Å². The molecule has 4 amide bonds. The van der Waals surface area contributed by atoms with Crippen LogP contribution in [0.3, 0.4) is 0 Å². The number of carbonyl (C=O) groups is 4. The summed E-state index contributed by atoms with van der Waals surface area (Å²) in [5.41, 5.74) is 7.54. The second-order valence-electron chi connectivity index (χ2n) is 8.32. The molecule has 3 heterocycles. The number of rotatable bonds is 4. The Morgan fingerprint density at radius 2 is 1.86 bits per heavy atom. The fourth-order valence-electron chi connectivity index (χ4n) is 4.60. The van der Waals surface area contributed by atoms with E-state index < -0.39 is 23.8 Å². The summed E-state index contributed by atoms with van der Waals surface area (Å²) in [7, 11) is 0. The van der Waals surface area contributed by atoms with Crippen molar-refractivity contribution in [1.82, 2.24) is 15.1 Å². The monoisotopic (exact) mass is 398 g/mol. The number of hydrogen-bond acceptors (Lipinski definition) is 6. The minimum Gasteiger partial charge on any atom is -0.329 e. The number of nitrogens with one attached hydrogen (secondary N) is 1. The molecular weight excluding hydrogens is 372 g/mol. The van der Waals surface area contributed by atoms with Crippen LogP contribution in [-0.2, 0) is 16.1 Å². The Morgan fingerprint density at radius 3 is 2.59 bits per heavy atom. The van der Waals surface area contributed by atoms with Gasteiger partial charge in [0.05, 0.1) is 11.1 Å². The Kier molecular flexibility index (Phi) is 5.23. The quantitative estimate of drug-likeness (QED) is 0.720. The van der Waals surface area contributed by atoms with E-state index in [1.165, 1.54) is 0 Å². The molecule has 1 unspecified atom stereocenters. The first kappa shape index (κ1) is 19.7. The first-order chi connectivity index (χ1) is 13.9. The predicted molar refractivity (Wildman–Crippen MR) is 105 cm³/mol. The maximum absolute atomic E-state index is 12.9. The van der Waals surface area contributed by atoms with Crippen LogP contribution in [0.15, 0.2) is 18.2 Å². The molecule has 2 fully saturated rings. The molecule has 4 rings (SSSR count). The number of likely N-dealkylation sites (tertiary alicyclic amines) is 1. The number of nitrogens with zero attached hydrogens (tertiary/aromatic N) is 2. The fraction of sp³-hybridized carbons (Fsp3) is 0.524. The summed E-state index contributed by atoms with van der Waals surface area (Å²) in [6.07, 6.45) is 2.44. The highest BCUT2D eigenvalue weighted by Gasteiger charge is 2.44. The van der Waals surface area contributed by atoms with Crippen LogP contribution in [-0.4, -0.2) is 58.6 Å². The van der Waals surface area contributed by atoms with Crippen molar-refractivity contribution in [2.45, 2.75) is 51.2 Å². The van der Waals surface area contributed by atoms with Gasteiger partial charge in [-0.1, -0.05) is 13.0 Å². The summed E-state index contributed by atoms with van der Waals surface area (Å²) < 4.78 is 0. The maximum Gasteiger partial charge on any atom is 0.262 e. The van der Waals surface area contributed by atoms with E-state index in [-0.39, 0.29) is 18.7 Å². The summed E-state index contributed by atoms with van der Waals surface area (Å²) in [6.45, 7) is 4.45. The van der Waals surface area contributed by atoms with E-state index >= 15 is 0 Å². The third-order valence-electron chi connectivity index (χ3n) is 6.26. The van der Waals surface area contributed by atoms with E-state index in [4.69, 9.17) is 5.73 Å². The Morgan fingerprint density at radius 1 is 1.10 bits per heavy atom. The second-order valence-corrected chi connectivity index (χ2v) is 8.32. The van der Waals surface area contributed by atoms with E-state index in [9.17, 15) is 19.2 Å². The van der Waals surface area contributed by atoms with E-state index in [0.29, 0.717) is 36.2 Å². The van der Waals surface area contributed by atoms with Gasteiger partial charge >= 0.3 is 0 Å². The average Bonchev–Trinajstić information content (AvgIpc) is 2.94. The topological polar surface area (TPSA) is 113 Å². The van der Waals surface area contributed by atoms with Crippen LogP contribution in [0.4, 0.5) is 0 Å². The smallest absolute Gasteiger partial charge is 0.262 e. The molecular formula is C21H26N4O4. The Bertz CT molecular complexity index is 883. The Hall–Kier alpha value is -2.58. The zero-order chi connectivity index (χ0) is 20.7. The van der Waals surface area contributed by atoms with E-state index in [1.807, 2.05) is 6.07 Å². The summed E-state index contributed by atoms with van der Waals surface area (Å²) in [6, 6.07) is 4.66. The van der Waals surface area contributed by atoms with Crippen LogP contribution in [0.5, 0.6) is 0 Å². The van der Waals surface area contributed by atoms with Gasteiger partial charge in [-0.3, -0.25) is 34.3 Å². The molecule has 154 valence electrons. The van der Waals surface area contributed by atoms with Crippen LogP contribution in [0.2, 0.25) is 0 Å². The van der Waals surface area contributed by atoms with Gasteiger partial charge in [0.15, 0.2) is 0 Å². The number of hydrogen-bond donors (Lipinski definition) is 2. The third-order valence-corrected chi connectivity index (χ3v) is 6.26. The Balaban J connectivity index is 1.54. The zero-order valence-electron chi connectivity index (χ0n) is 16.5. The number of imide groups is 2. The highest BCUT2D eigenvalue weighted by atomic mass is 16.2. The minimum atomic E-state index is -0.936. The molecule has 8 heteroatoms. The van der Waals surface area contributed by atoms with Crippen LogP contribution in [0.1, 0.15) is 58.9 Å². The van der Waals surface area contributed by atoms with Crippen LogP contribution in [0, 0.1) is 5.92 Å². The number of fused-ring (bicyclic) bond motifs is 1. The molecule has 0 bridgehead atoms. The normalized spacial score (nSPS) is 27.9.